The Morgan fingerprint density at radius 2 is 1.30 bits per heavy atom. The second-order valence-corrected chi connectivity index (χ2v) is 10.8. The molecule has 3 aliphatic heterocycles. The van der Waals surface area contributed by atoms with Crippen molar-refractivity contribution in [2.75, 3.05) is 0 Å². The molecule has 6 aromatic rings. The SMILES string of the molecule is CC1/C=C2\N=C(N=C3[N-]C(N=c4[nH]c(c5ccccc45)=Nc4[n-]c1c1ccccc41)c1ccccc13)c1ccccc12.[Zn+2]. The van der Waals surface area contributed by atoms with Gasteiger partial charge in [-0.3, -0.25) is 9.98 Å². The van der Waals surface area contributed by atoms with E-state index < -0.39 is 6.17 Å². The standard InChI is InChI=1S/C35H23N7.Zn/c1-19-18-28-20-10-2-4-12-22(20)30(36-28)38-32-24-14-6-8-16-26(24)34(40-32)42-35-27-17-9-7-15-25(27)33(41-35)39-31-23-13-5-3-11-21(23)29(19)37-31;/h2-19,34H,1H3,(H-,36,38,39,40,41,42);/q-2;+2/b28-18-;. The van der Waals surface area contributed by atoms with Gasteiger partial charge in [0.05, 0.1) is 17.7 Å². The van der Waals surface area contributed by atoms with Gasteiger partial charge in [0.15, 0.2) is 0 Å². The van der Waals surface area contributed by atoms with Crippen LogP contribution < -0.4 is 16.0 Å². The number of aromatic nitrogens is 2. The minimum Gasteiger partial charge on any atom is -0.438 e. The van der Waals surface area contributed by atoms with Gasteiger partial charge in [0.25, 0.3) is 0 Å². The number of hydrogen-bond acceptors (Lipinski definition) is 4. The minimum atomic E-state index is -0.442. The molecule has 2 aromatic heterocycles. The zero-order valence-electron chi connectivity index (χ0n) is 23.4. The number of H-pyrrole nitrogens is 1. The van der Waals surface area contributed by atoms with Crippen molar-refractivity contribution in [1.29, 1.82) is 0 Å². The summed E-state index contributed by atoms with van der Waals surface area (Å²) < 4.78 is 0. The number of rotatable bonds is 0. The maximum atomic E-state index is 5.13. The average molecular weight is 607 g/mol. The number of benzene rings is 4. The van der Waals surface area contributed by atoms with E-state index in [-0.39, 0.29) is 25.4 Å². The van der Waals surface area contributed by atoms with Crippen molar-refractivity contribution in [2.24, 2.45) is 20.0 Å². The molecule has 43 heavy (non-hydrogen) atoms. The molecule has 8 heteroatoms. The molecule has 3 aliphatic rings. The summed E-state index contributed by atoms with van der Waals surface area (Å²) in [6.07, 6.45) is 1.74. The van der Waals surface area contributed by atoms with Crippen LogP contribution >= 0.6 is 0 Å². The molecule has 0 amide bonds. The summed E-state index contributed by atoms with van der Waals surface area (Å²) in [5.41, 5.74) is 7.35. The molecule has 200 valence electrons. The van der Waals surface area contributed by atoms with E-state index in [2.05, 4.69) is 72.6 Å². The topological polar surface area (TPSA) is 93.4 Å². The quantitative estimate of drug-likeness (QED) is 0.194. The Bertz CT molecular complexity index is 2320. The molecule has 2 atom stereocenters. The van der Waals surface area contributed by atoms with Crippen molar-refractivity contribution in [2.45, 2.75) is 19.0 Å². The van der Waals surface area contributed by atoms with Crippen molar-refractivity contribution < 1.29 is 19.5 Å². The van der Waals surface area contributed by atoms with Gasteiger partial charge >= 0.3 is 19.5 Å². The van der Waals surface area contributed by atoms with Crippen molar-refractivity contribution in [3.05, 3.63) is 147 Å². The fourth-order valence-corrected chi connectivity index (χ4v) is 6.26. The van der Waals surface area contributed by atoms with Crippen LogP contribution in [0, 0.1) is 0 Å². The molecule has 5 heterocycles. The summed E-state index contributed by atoms with van der Waals surface area (Å²) in [5.74, 6) is 1.97. The van der Waals surface area contributed by atoms with Crippen LogP contribution in [0.4, 0.5) is 5.82 Å². The van der Waals surface area contributed by atoms with Gasteiger partial charge in [-0.15, -0.1) is 0 Å². The Morgan fingerprint density at radius 1 is 0.651 bits per heavy atom. The predicted molar refractivity (Wildman–Crippen MR) is 166 cm³/mol. The largest absolute Gasteiger partial charge is 2.00 e. The summed E-state index contributed by atoms with van der Waals surface area (Å²) in [6, 6.07) is 32.9. The maximum absolute atomic E-state index is 5.13. The summed E-state index contributed by atoms with van der Waals surface area (Å²) in [5, 5.41) is 9.10. The molecule has 0 aliphatic carbocycles. The minimum absolute atomic E-state index is 0. The summed E-state index contributed by atoms with van der Waals surface area (Å²) in [6.45, 7) is 2.16. The smallest absolute Gasteiger partial charge is 0.438 e. The molecule has 2 unspecified atom stereocenters. The van der Waals surface area contributed by atoms with Gasteiger partial charge in [0.2, 0.25) is 0 Å². The van der Waals surface area contributed by atoms with Crippen LogP contribution in [0.2, 0.25) is 0 Å². The van der Waals surface area contributed by atoms with Gasteiger partial charge in [-0.2, -0.15) is 0 Å². The van der Waals surface area contributed by atoms with Crippen LogP contribution in [-0.4, -0.2) is 16.7 Å². The van der Waals surface area contributed by atoms with E-state index in [4.69, 9.17) is 30.3 Å². The summed E-state index contributed by atoms with van der Waals surface area (Å²) in [4.78, 5) is 28.9. The number of aliphatic imine (C=N–C) groups is 2. The van der Waals surface area contributed by atoms with Crippen molar-refractivity contribution in [3.63, 3.8) is 0 Å². The number of fused-ring (bicyclic) bond motifs is 19. The first kappa shape index (κ1) is 25.7. The third kappa shape index (κ3) is 3.98. The molecular weight excluding hydrogens is 584 g/mol. The van der Waals surface area contributed by atoms with Crippen LogP contribution in [0.15, 0.2) is 123 Å². The van der Waals surface area contributed by atoms with Crippen LogP contribution in [0.1, 0.15) is 47.0 Å². The van der Waals surface area contributed by atoms with Gasteiger partial charge in [-0.25, -0.2) is 0 Å². The summed E-state index contributed by atoms with van der Waals surface area (Å²) in [7, 11) is 0. The number of nitrogens with one attached hydrogen (secondary N) is 1. The number of hydrogen-bond donors (Lipinski definition) is 1. The molecule has 0 saturated carbocycles. The first-order valence-electron chi connectivity index (χ1n) is 14.1. The first-order valence-corrected chi connectivity index (χ1v) is 14.1. The second kappa shape index (κ2) is 9.82. The zero-order valence-corrected chi connectivity index (χ0v) is 26.3. The van der Waals surface area contributed by atoms with E-state index in [1.807, 2.05) is 42.5 Å². The van der Waals surface area contributed by atoms with Crippen LogP contribution in [-0.2, 0) is 19.5 Å². The monoisotopic (exact) mass is 605 g/mol. The molecule has 0 spiro atoms. The van der Waals surface area contributed by atoms with Crippen molar-refractivity contribution >= 4 is 44.7 Å². The number of nitrogens with zero attached hydrogens (tertiary/aromatic N) is 6. The normalized spacial score (nSPS) is 19.4. The molecule has 1 N–H and O–H groups in total. The Morgan fingerprint density at radius 3 is 2.12 bits per heavy atom. The van der Waals surface area contributed by atoms with Crippen LogP contribution in [0.25, 0.3) is 32.6 Å². The zero-order chi connectivity index (χ0) is 27.8. The predicted octanol–water partition coefficient (Wildman–Crippen LogP) is 6.60. The van der Waals surface area contributed by atoms with E-state index >= 15 is 0 Å². The Hall–Kier alpha value is -4.94. The summed E-state index contributed by atoms with van der Waals surface area (Å²) >= 11 is 0. The molecule has 7 nitrogen and oxygen atoms in total. The first-order chi connectivity index (χ1) is 20.7. The molecule has 9 rings (SSSR count). The van der Waals surface area contributed by atoms with Gasteiger partial charge < -0.3 is 25.3 Å². The van der Waals surface area contributed by atoms with Crippen molar-refractivity contribution in [1.82, 2.24) is 9.97 Å². The van der Waals surface area contributed by atoms with E-state index in [9.17, 15) is 0 Å². The molecule has 0 fully saturated rings. The van der Waals surface area contributed by atoms with Gasteiger partial charge in [0.1, 0.15) is 5.49 Å². The maximum Gasteiger partial charge on any atom is 2.00 e. The molecule has 0 radical (unpaired) electrons. The van der Waals surface area contributed by atoms with Gasteiger partial charge in [-0.05, 0) is 39.3 Å². The van der Waals surface area contributed by atoms with Crippen LogP contribution in [0.5, 0.6) is 0 Å². The number of aromatic amines is 1. The van der Waals surface area contributed by atoms with E-state index in [0.717, 1.165) is 66.2 Å². The van der Waals surface area contributed by atoms with E-state index in [0.29, 0.717) is 17.5 Å². The van der Waals surface area contributed by atoms with Gasteiger partial charge in [-0.1, -0.05) is 116 Å². The van der Waals surface area contributed by atoms with E-state index in [1.165, 1.54) is 0 Å². The Labute approximate surface area is 259 Å². The second-order valence-electron chi connectivity index (χ2n) is 10.8. The third-order valence-electron chi connectivity index (χ3n) is 8.26. The Kier molecular flexibility index (Phi) is 5.88. The number of allylic oxidation sites excluding steroid dienone is 1. The fourth-order valence-electron chi connectivity index (χ4n) is 6.26. The van der Waals surface area contributed by atoms with Gasteiger partial charge in [0, 0.05) is 27.4 Å². The van der Waals surface area contributed by atoms with Crippen LogP contribution in [0.3, 0.4) is 0 Å². The average Bonchev–Trinajstić information content (AvgIpc) is 3.76. The Balaban J connectivity index is 0.00000278. The van der Waals surface area contributed by atoms with E-state index in [1.54, 1.807) is 0 Å². The molecule has 8 bridgehead atoms. The number of amidine groups is 2. The third-order valence-corrected chi connectivity index (χ3v) is 8.26. The van der Waals surface area contributed by atoms with Crippen molar-refractivity contribution in [3.8, 4) is 0 Å². The fraction of sp³-hybridized carbons (Fsp3) is 0.0857. The molecular formula is C35H23N7Zn. The molecule has 0 saturated heterocycles. The molecule has 4 aromatic carbocycles.